The number of hydrogen-bond acceptors (Lipinski definition) is 3. The molecule has 1 aromatic heterocycles. The Morgan fingerprint density at radius 1 is 1.03 bits per heavy atom. The first-order chi connectivity index (χ1) is 14.3. The molecular weight excluding hydrogens is 412 g/mol. The Balaban J connectivity index is 1.77. The van der Waals surface area contributed by atoms with Gasteiger partial charge in [-0.25, -0.2) is 17.2 Å². The summed E-state index contributed by atoms with van der Waals surface area (Å²) in [6.45, 7) is 1.97. The van der Waals surface area contributed by atoms with Crippen molar-refractivity contribution in [2.45, 2.75) is 24.4 Å². The normalized spacial score (nSPS) is 16.8. The SMILES string of the molecule is CC(=O)Nc1ccc(S(=O)(=O)N2CCn3cccc3[C@H]2c2ccc(F)c(F)c2)cc1. The van der Waals surface area contributed by atoms with E-state index in [9.17, 15) is 22.0 Å². The second-order valence-corrected chi connectivity index (χ2v) is 8.91. The van der Waals surface area contributed by atoms with Gasteiger partial charge in [0, 0.05) is 37.6 Å². The Labute approximate surface area is 172 Å². The highest BCUT2D eigenvalue weighted by Crippen LogP contribution is 2.37. The summed E-state index contributed by atoms with van der Waals surface area (Å²) in [6.07, 6.45) is 1.83. The lowest BCUT2D eigenvalue weighted by molar-refractivity contribution is -0.114. The monoisotopic (exact) mass is 431 g/mol. The zero-order valence-corrected chi connectivity index (χ0v) is 16.9. The molecule has 1 aliphatic heterocycles. The number of nitrogens with zero attached hydrogens (tertiary/aromatic N) is 2. The van der Waals surface area contributed by atoms with Gasteiger partial charge in [-0.05, 0) is 54.1 Å². The predicted octanol–water partition coefficient (Wildman–Crippen LogP) is 3.52. The number of carbonyl (C=O) groups excluding carboxylic acids is 1. The fraction of sp³-hybridized carbons (Fsp3) is 0.190. The van der Waals surface area contributed by atoms with Crippen LogP contribution in [0.25, 0.3) is 0 Å². The molecule has 156 valence electrons. The van der Waals surface area contributed by atoms with E-state index in [0.717, 1.165) is 12.1 Å². The Morgan fingerprint density at radius 2 is 1.77 bits per heavy atom. The minimum Gasteiger partial charge on any atom is -0.348 e. The van der Waals surface area contributed by atoms with Crippen LogP contribution in [0, 0.1) is 11.6 Å². The fourth-order valence-corrected chi connectivity index (χ4v) is 5.27. The van der Waals surface area contributed by atoms with Crippen molar-refractivity contribution in [3.05, 3.63) is 83.7 Å². The molecule has 1 N–H and O–H groups in total. The van der Waals surface area contributed by atoms with Crippen LogP contribution in [0.3, 0.4) is 0 Å². The number of carbonyl (C=O) groups is 1. The maximum atomic E-state index is 13.9. The van der Waals surface area contributed by atoms with E-state index in [0.29, 0.717) is 23.5 Å². The maximum Gasteiger partial charge on any atom is 0.244 e. The van der Waals surface area contributed by atoms with E-state index < -0.39 is 27.7 Å². The number of hydrogen-bond donors (Lipinski definition) is 1. The van der Waals surface area contributed by atoms with Crippen LogP contribution in [0.4, 0.5) is 14.5 Å². The first-order valence-electron chi connectivity index (χ1n) is 9.27. The van der Waals surface area contributed by atoms with E-state index in [2.05, 4.69) is 5.32 Å². The molecule has 6 nitrogen and oxygen atoms in total. The molecule has 0 aliphatic carbocycles. The van der Waals surface area contributed by atoms with Gasteiger partial charge in [0.05, 0.1) is 10.9 Å². The Kier molecular flexibility index (Phi) is 5.17. The van der Waals surface area contributed by atoms with Gasteiger partial charge in [-0.15, -0.1) is 0 Å². The van der Waals surface area contributed by atoms with Crippen molar-refractivity contribution in [3.63, 3.8) is 0 Å². The van der Waals surface area contributed by atoms with Crippen molar-refractivity contribution in [3.8, 4) is 0 Å². The average Bonchev–Trinajstić information content (AvgIpc) is 3.18. The summed E-state index contributed by atoms with van der Waals surface area (Å²) in [5.74, 6) is -2.29. The zero-order chi connectivity index (χ0) is 21.5. The van der Waals surface area contributed by atoms with Crippen LogP contribution in [0.15, 0.2) is 65.7 Å². The van der Waals surface area contributed by atoms with Crippen molar-refractivity contribution >= 4 is 21.6 Å². The van der Waals surface area contributed by atoms with Crippen LogP contribution in [0.1, 0.15) is 24.2 Å². The quantitative estimate of drug-likeness (QED) is 0.687. The number of fused-ring (bicyclic) bond motifs is 1. The molecule has 0 saturated heterocycles. The standard InChI is InChI=1S/C21H19F2N3O3S/c1-14(27)24-16-5-7-17(8-6-16)30(28,29)26-12-11-25-10-2-3-20(25)21(26)15-4-9-18(22)19(23)13-15/h2-10,13,21H,11-12H2,1H3,(H,24,27)/t21-/m1/s1. The molecule has 2 aromatic carbocycles. The van der Waals surface area contributed by atoms with E-state index >= 15 is 0 Å². The van der Waals surface area contributed by atoms with Gasteiger partial charge in [0.25, 0.3) is 0 Å². The van der Waals surface area contributed by atoms with Crippen molar-refractivity contribution in [2.24, 2.45) is 0 Å². The summed E-state index contributed by atoms with van der Waals surface area (Å²) in [7, 11) is -3.96. The van der Waals surface area contributed by atoms with Crippen molar-refractivity contribution in [1.82, 2.24) is 8.87 Å². The number of halogens is 2. The van der Waals surface area contributed by atoms with E-state index in [4.69, 9.17) is 0 Å². The summed E-state index contributed by atoms with van der Waals surface area (Å²) >= 11 is 0. The summed E-state index contributed by atoms with van der Waals surface area (Å²) in [4.78, 5) is 11.2. The molecule has 0 saturated carbocycles. The van der Waals surface area contributed by atoms with Crippen molar-refractivity contribution in [2.75, 3.05) is 11.9 Å². The van der Waals surface area contributed by atoms with Gasteiger partial charge in [0.15, 0.2) is 11.6 Å². The van der Waals surface area contributed by atoms with Crippen molar-refractivity contribution < 1.29 is 22.0 Å². The molecule has 0 radical (unpaired) electrons. The highest BCUT2D eigenvalue weighted by molar-refractivity contribution is 7.89. The molecule has 0 spiro atoms. The number of amides is 1. The largest absolute Gasteiger partial charge is 0.348 e. The second-order valence-electron chi connectivity index (χ2n) is 7.02. The van der Waals surface area contributed by atoms with Gasteiger partial charge < -0.3 is 9.88 Å². The highest BCUT2D eigenvalue weighted by Gasteiger charge is 2.37. The van der Waals surface area contributed by atoms with Gasteiger partial charge in [-0.3, -0.25) is 4.79 Å². The summed E-state index contributed by atoms with van der Waals surface area (Å²) in [5, 5.41) is 2.59. The van der Waals surface area contributed by atoms with Crippen LogP contribution >= 0.6 is 0 Å². The Bertz CT molecular complexity index is 1210. The number of sulfonamides is 1. The third-order valence-corrected chi connectivity index (χ3v) is 6.91. The molecule has 9 heteroatoms. The predicted molar refractivity (Wildman–Crippen MR) is 107 cm³/mol. The highest BCUT2D eigenvalue weighted by atomic mass is 32.2. The van der Waals surface area contributed by atoms with E-state index in [1.807, 2.05) is 10.8 Å². The van der Waals surface area contributed by atoms with Gasteiger partial charge in [-0.1, -0.05) is 6.07 Å². The van der Waals surface area contributed by atoms with Crippen LogP contribution < -0.4 is 5.32 Å². The first kappa shape index (κ1) is 20.2. The summed E-state index contributed by atoms with van der Waals surface area (Å²) in [6, 6.07) is 12.0. The number of aromatic nitrogens is 1. The number of nitrogens with one attached hydrogen (secondary N) is 1. The van der Waals surface area contributed by atoms with E-state index in [1.54, 1.807) is 12.1 Å². The van der Waals surface area contributed by atoms with E-state index in [1.165, 1.54) is 41.6 Å². The van der Waals surface area contributed by atoms with Gasteiger partial charge in [0.1, 0.15) is 0 Å². The van der Waals surface area contributed by atoms with Crippen LogP contribution in [-0.4, -0.2) is 29.7 Å². The molecule has 2 heterocycles. The van der Waals surface area contributed by atoms with Crippen LogP contribution in [0.5, 0.6) is 0 Å². The smallest absolute Gasteiger partial charge is 0.244 e. The van der Waals surface area contributed by atoms with Crippen molar-refractivity contribution in [1.29, 1.82) is 0 Å². The number of benzene rings is 2. The molecule has 3 aromatic rings. The summed E-state index contributed by atoms with van der Waals surface area (Å²) in [5.41, 5.74) is 1.49. The third-order valence-electron chi connectivity index (χ3n) is 5.03. The Morgan fingerprint density at radius 3 is 2.43 bits per heavy atom. The minimum atomic E-state index is -3.96. The maximum absolute atomic E-state index is 13.9. The molecule has 0 bridgehead atoms. The third kappa shape index (κ3) is 3.61. The number of rotatable bonds is 4. The van der Waals surface area contributed by atoms with Gasteiger partial charge >= 0.3 is 0 Å². The second kappa shape index (κ2) is 7.66. The average molecular weight is 431 g/mol. The molecule has 4 rings (SSSR count). The van der Waals surface area contributed by atoms with Crippen LogP contribution in [0.2, 0.25) is 0 Å². The zero-order valence-electron chi connectivity index (χ0n) is 16.0. The van der Waals surface area contributed by atoms with Crippen LogP contribution in [-0.2, 0) is 21.4 Å². The molecule has 0 unspecified atom stereocenters. The lowest BCUT2D eigenvalue weighted by atomic mass is 10.0. The first-order valence-corrected chi connectivity index (χ1v) is 10.7. The molecule has 1 amide bonds. The Hall–Kier alpha value is -3.04. The lowest BCUT2D eigenvalue weighted by Gasteiger charge is -2.36. The van der Waals surface area contributed by atoms with E-state index in [-0.39, 0.29) is 17.3 Å². The molecule has 1 atom stereocenters. The molecule has 30 heavy (non-hydrogen) atoms. The minimum absolute atomic E-state index is 0.0455. The van der Waals surface area contributed by atoms with Gasteiger partial charge in [0.2, 0.25) is 15.9 Å². The lowest BCUT2D eigenvalue weighted by Crippen LogP contribution is -2.42. The molecule has 0 fully saturated rings. The number of anilines is 1. The summed E-state index contributed by atoms with van der Waals surface area (Å²) < 4.78 is 57.5. The van der Waals surface area contributed by atoms with Gasteiger partial charge in [-0.2, -0.15) is 4.31 Å². The topological polar surface area (TPSA) is 71.4 Å². The fourth-order valence-electron chi connectivity index (χ4n) is 3.69. The molecular formula is C21H19F2N3O3S. The molecule has 1 aliphatic rings.